The SMILES string of the molecule is COCCNC(=O)c1ccc2c(c1)N(C)[C@@H](CC(=O)NCC(=O)N(C)C)CO2. The van der Waals surface area contributed by atoms with Gasteiger partial charge in [0.2, 0.25) is 11.8 Å². The number of carbonyl (C=O) groups excluding carboxylic acids is 3. The number of hydrogen-bond acceptors (Lipinski definition) is 6. The van der Waals surface area contributed by atoms with Crippen molar-refractivity contribution in [2.45, 2.75) is 12.5 Å². The quantitative estimate of drug-likeness (QED) is 0.597. The molecule has 2 rings (SSSR count). The van der Waals surface area contributed by atoms with Crippen LogP contribution in [0.25, 0.3) is 0 Å². The topological polar surface area (TPSA) is 100 Å². The molecule has 154 valence electrons. The van der Waals surface area contributed by atoms with Gasteiger partial charge in [-0.05, 0) is 18.2 Å². The van der Waals surface area contributed by atoms with E-state index in [0.717, 1.165) is 5.69 Å². The molecule has 1 heterocycles. The third-order valence-electron chi connectivity index (χ3n) is 4.53. The minimum atomic E-state index is -0.229. The van der Waals surface area contributed by atoms with Gasteiger partial charge in [0.05, 0.1) is 31.3 Å². The van der Waals surface area contributed by atoms with Crippen molar-refractivity contribution in [2.75, 3.05) is 59.5 Å². The molecule has 0 unspecified atom stereocenters. The fourth-order valence-electron chi connectivity index (χ4n) is 2.73. The normalized spacial score (nSPS) is 15.3. The van der Waals surface area contributed by atoms with E-state index < -0.39 is 0 Å². The number of likely N-dealkylation sites (N-methyl/N-ethyl adjacent to an activating group) is 2. The first-order chi connectivity index (χ1) is 13.3. The first-order valence-corrected chi connectivity index (χ1v) is 9.07. The Hall–Kier alpha value is -2.81. The van der Waals surface area contributed by atoms with Crippen LogP contribution in [0.1, 0.15) is 16.8 Å². The molecule has 9 heteroatoms. The summed E-state index contributed by atoms with van der Waals surface area (Å²) in [5, 5.41) is 5.40. The lowest BCUT2D eigenvalue weighted by Crippen LogP contribution is -2.45. The van der Waals surface area contributed by atoms with Crippen molar-refractivity contribution >= 4 is 23.4 Å². The number of nitrogens with zero attached hydrogens (tertiary/aromatic N) is 2. The second kappa shape index (κ2) is 9.93. The second-order valence-corrected chi connectivity index (χ2v) is 6.78. The molecule has 0 fully saturated rings. The van der Waals surface area contributed by atoms with Gasteiger partial charge in [0.15, 0.2) is 0 Å². The summed E-state index contributed by atoms with van der Waals surface area (Å²) in [5.74, 6) is 0.0642. The molecule has 0 aromatic heterocycles. The van der Waals surface area contributed by atoms with E-state index in [9.17, 15) is 14.4 Å². The first kappa shape index (κ1) is 21.5. The smallest absolute Gasteiger partial charge is 0.251 e. The highest BCUT2D eigenvalue weighted by Gasteiger charge is 2.27. The van der Waals surface area contributed by atoms with E-state index in [-0.39, 0.29) is 36.7 Å². The van der Waals surface area contributed by atoms with E-state index in [4.69, 9.17) is 9.47 Å². The molecule has 0 bridgehead atoms. The Morgan fingerprint density at radius 2 is 2.04 bits per heavy atom. The first-order valence-electron chi connectivity index (χ1n) is 9.07. The minimum absolute atomic E-state index is 0.0362. The van der Waals surface area contributed by atoms with Crippen LogP contribution in [0.5, 0.6) is 5.75 Å². The van der Waals surface area contributed by atoms with Crippen LogP contribution in [0.3, 0.4) is 0 Å². The van der Waals surface area contributed by atoms with E-state index >= 15 is 0 Å². The number of rotatable bonds is 8. The van der Waals surface area contributed by atoms with Crippen molar-refractivity contribution in [3.8, 4) is 5.75 Å². The molecule has 3 amide bonds. The average molecular weight is 392 g/mol. The van der Waals surface area contributed by atoms with Gasteiger partial charge in [-0.3, -0.25) is 14.4 Å². The Morgan fingerprint density at radius 3 is 2.71 bits per heavy atom. The molecule has 1 atom stereocenters. The van der Waals surface area contributed by atoms with Gasteiger partial charge in [-0.25, -0.2) is 0 Å². The maximum absolute atomic E-state index is 12.2. The minimum Gasteiger partial charge on any atom is -0.489 e. The van der Waals surface area contributed by atoms with Crippen molar-refractivity contribution in [3.05, 3.63) is 23.8 Å². The lowest BCUT2D eigenvalue weighted by atomic mass is 10.1. The summed E-state index contributed by atoms with van der Waals surface area (Å²) >= 11 is 0. The van der Waals surface area contributed by atoms with Gasteiger partial charge in [-0.15, -0.1) is 0 Å². The van der Waals surface area contributed by atoms with Gasteiger partial charge < -0.3 is 29.9 Å². The highest BCUT2D eigenvalue weighted by atomic mass is 16.5. The predicted molar refractivity (Wildman–Crippen MR) is 105 cm³/mol. The number of amides is 3. The van der Waals surface area contributed by atoms with Gasteiger partial charge in [0.25, 0.3) is 5.91 Å². The van der Waals surface area contributed by atoms with Crippen LogP contribution in [0.4, 0.5) is 5.69 Å². The standard InChI is InChI=1S/C19H28N4O5/c1-22(2)18(25)11-21-17(24)10-14-12-28-16-6-5-13(9-15(16)23(14)3)19(26)20-7-8-27-4/h5-6,9,14H,7-8,10-12H2,1-4H3,(H,20,26)(H,21,24)/t14-/m0/s1. The molecule has 0 saturated carbocycles. The third-order valence-corrected chi connectivity index (χ3v) is 4.53. The molecule has 1 aliphatic heterocycles. The molecular formula is C19H28N4O5. The van der Waals surface area contributed by atoms with Crippen LogP contribution in [0.2, 0.25) is 0 Å². The average Bonchev–Trinajstić information content (AvgIpc) is 2.68. The van der Waals surface area contributed by atoms with Gasteiger partial charge in [-0.2, -0.15) is 0 Å². The summed E-state index contributed by atoms with van der Waals surface area (Å²) in [6.07, 6.45) is 0.181. The van der Waals surface area contributed by atoms with E-state index in [1.807, 2.05) is 11.9 Å². The van der Waals surface area contributed by atoms with Gasteiger partial charge >= 0.3 is 0 Å². The molecule has 1 aromatic carbocycles. The number of carbonyl (C=O) groups is 3. The predicted octanol–water partition coefficient (Wildman–Crippen LogP) is -0.145. The van der Waals surface area contributed by atoms with Crippen LogP contribution in [0, 0.1) is 0 Å². The van der Waals surface area contributed by atoms with Crippen molar-refractivity contribution in [3.63, 3.8) is 0 Å². The molecule has 0 saturated heterocycles. The Balaban J connectivity index is 1.99. The summed E-state index contributed by atoms with van der Waals surface area (Å²) in [5.41, 5.74) is 1.25. The molecule has 0 radical (unpaired) electrons. The summed E-state index contributed by atoms with van der Waals surface area (Å²) in [6.45, 7) is 1.17. The van der Waals surface area contributed by atoms with Gasteiger partial charge in [0, 0.05) is 40.4 Å². The Morgan fingerprint density at radius 1 is 1.29 bits per heavy atom. The number of fused-ring (bicyclic) bond motifs is 1. The second-order valence-electron chi connectivity index (χ2n) is 6.78. The molecule has 1 aliphatic rings. The van der Waals surface area contributed by atoms with Crippen LogP contribution in [0.15, 0.2) is 18.2 Å². The van der Waals surface area contributed by atoms with E-state index in [0.29, 0.717) is 31.1 Å². The number of benzene rings is 1. The summed E-state index contributed by atoms with van der Waals surface area (Å²) in [6, 6.07) is 5.00. The van der Waals surface area contributed by atoms with Crippen LogP contribution in [-0.2, 0) is 14.3 Å². The van der Waals surface area contributed by atoms with Crippen LogP contribution >= 0.6 is 0 Å². The maximum Gasteiger partial charge on any atom is 0.251 e. The lowest BCUT2D eigenvalue weighted by molar-refractivity contribution is -0.131. The molecular weight excluding hydrogens is 364 g/mol. The zero-order valence-corrected chi connectivity index (χ0v) is 16.8. The van der Waals surface area contributed by atoms with Crippen molar-refractivity contribution < 1.29 is 23.9 Å². The Bertz CT molecular complexity index is 722. The largest absolute Gasteiger partial charge is 0.489 e. The third kappa shape index (κ3) is 5.59. The lowest BCUT2D eigenvalue weighted by Gasteiger charge is -2.35. The van der Waals surface area contributed by atoms with E-state index in [2.05, 4.69) is 10.6 Å². The van der Waals surface area contributed by atoms with Crippen LogP contribution < -0.4 is 20.3 Å². The number of methoxy groups -OCH3 is 1. The molecule has 9 nitrogen and oxygen atoms in total. The van der Waals surface area contributed by atoms with E-state index in [1.54, 1.807) is 39.4 Å². The molecule has 2 N–H and O–H groups in total. The molecule has 0 spiro atoms. The van der Waals surface area contributed by atoms with Crippen LogP contribution in [-0.4, -0.2) is 83.2 Å². The Kier molecular flexibility index (Phi) is 7.62. The highest BCUT2D eigenvalue weighted by Crippen LogP contribution is 2.34. The Labute approximate surface area is 165 Å². The number of nitrogens with one attached hydrogen (secondary N) is 2. The van der Waals surface area contributed by atoms with Crippen molar-refractivity contribution in [1.29, 1.82) is 0 Å². The number of hydrogen-bond donors (Lipinski definition) is 2. The molecule has 1 aromatic rings. The summed E-state index contributed by atoms with van der Waals surface area (Å²) in [4.78, 5) is 39.4. The molecule has 0 aliphatic carbocycles. The van der Waals surface area contributed by atoms with Gasteiger partial charge in [0.1, 0.15) is 12.4 Å². The van der Waals surface area contributed by atoms with Gasteiger partial charge in [-0.1, -0.05) is 0 Å². The zero-order chi connectivity index (χ0) is 20.7. The monoisotopic (exact) mass is 392 g/mol. The zero-order valence-electron chi connectivity index (χ0n) is 16.8. The number of anilines is 1. The van der Waals surface area contributed by atoms with Crippen molar-refractivity contribution in [1.82, 2.24) is 15.5 Å². The molecule has 28 heavy (non-hydrogen) atoms. The fourth-order valence-corrected chi connectivity index (χ4v) is 2.73. The highest BCUT2D eigenvalue weighted by molar-refractivity contribution is 5.95. The maximum atomic E-state index is 12.2. The van der Waals surface area contributed by atoms with E-state index in [1.165, 1.54) is 4.90 Å². The van der Waals surface area contributed by atoms with Crippen molar-refractivity contribution in [2.24, 2.45) is 0 Å². The number of ether oxygens (including phenoxy) is 2. The summed E-state index contributed by atoms with van der Waals surface area (Å²) in [7, 11) is 6.70. The fraction of sp³-hybridized carbons (Fsp3) is 0.526. The summed E-state index contributed by atoms with van der Waals surface area (Å²) < 4.78 is 10.7.